The van der Waals surface area contributed by atoms with Gasteiger partial charge in [0.05, 0.1) is 19.8 Å². The van der Waals surface area contributed by atoms with Crippen molar-refractivity contribution >= 4 is 0 Å². The highest BCUT2D eigenvalue weighted by atomic mass is 16.5. The molecule has 0 radical (unpaired) electrons. The number of ether oxygens (including phenoxy) is 3. The van der Waals surface area contributed by atoms with Crippen LogP contribution in [-0.2, 0) is 0 Å². The Kier molecular flexibility index (Phi) is 43.0. The van der Waals surface area contributed by atoms with Gasteiger partial charge in [0.2, 0.25) is 5.75 Å². The van der Waals surface area contributed by atoms with E-state index in [9.17, 15) is 0 Å². The normalized spacial score (nSPS) is 11.4. The van der Waals surface area contributed by atoms with E-state index in [-0.39, 0.29) is 0 Å². The number of hydrogen-bond acceptors (Lipinski definition) is 3. The molecule has 0 aliphatic heterocycles. The Morgan fingerprint density at radius 1 is 0.246 bits per heavy atom. The number of rotatable bonds is 48. The monoisotopic (exact) mass is 799 g/mol. The number of unbranched alkanes of at least 4 members (excludes halogenated alkanes) is 39. The summed E-state index contributed by atoms with van der Waals surface area (Å²) < 4.78 is 19.2. The SMILES string of the molecule is CCCCCCCCCCCCCCCCOc1cccc(OCCCCCCCCCCCCCCCC)c1OCCCCCCCCCCCCCCCC. The Hall–Kier alpha value is -1.38. The maximum absolute atomic E-state index is 6.47. The third-order valence-corrected chi connectivity index (χ3v) is 12.2. The summed E-state index contributed by atoms with van der Waals surface area (Å²) in [5, 5.41) is 0. The second-order valence-electron chi connectivity index (χ2n) is 17.9. The van der Waals surface area contributed by atoms with Crippen LogP contribution in [0.25, 0.3) is 0 Å². The summed E-state index contributed by atoms with van der Waals surface area (Å²) in [4.78, 5) is 0. The first-order chi connectivity index (χ1) is 28.3. The van der Waals surface area contributed by atoms with Crippen LogP contribution in [0, 0.1) is 0 Å². The first-order valence-corrected chi connectivity index (χ1v) is 26.3. The topological polar surface area (TPSA) is 27.7 Å². The highest BCUT2D eigenvalue weighted by Crippen LogP contribution is 2.38. The summed E-state index contributed by atoms with van der Waals surface area (Å²) in [5.41, 5.74) is 0. The van der Waals surface area contributed by atoms with Crippen molar-refractivity contribution in [3.63, 3.8) is 0 Å². The third kappa shape index (κ3) is 37.4. The van der Waals surface area contributed by atoms with Gasteiger partial charge in [-0.2, -0.15) is 0 Å². The van der Waals surface area contributed by atoms with E-state index in [1.54, 1.807) is 0 Å². The summed E-state index contributed by atoms with van der Waals surface area (Å²) in [6.45, 7) is 9.17. The average Bonchev–Trinajstić information content (AvgIpc) is 3.22. The van der Waals surface area contributed by atoms with Crippen LogP contribution in [0.5, 0.6) is 17.2 Å². The van der Waals surface area contributed by atoms with E-state index < -0.39 is 0 Å². The molecule has 3 heteroatoms. The molecule has 0 N–H and O–H groups in total. The van der Waals surface area contributed by atoms with Crippen molar-refractivity contribution in [3.05, 3.63) is 18.2 Å². The Morgan fingerprint density at radius 2 is 0.439 bits per heavy atom. The van der Waals surface area contributed by atoms with Gasteiger partial charge in [-0.15, -0.1) is 0 Å². The quantitative estimate of drug-likeness (QED) is 0.0615. The summed E-state index contributed by atoms with van der Waals surface area (Å²) in [6.07, 6.45) is 57.8. The molecule has 1 aromatic carbocycles. The molecule has 3 nitrogen and oxygen atoms in total. The summed E-state index contributed by atoms with van der Waals surface area (Å²) >= 11 is 0. The van der Waals surface area contributed by atoms with Crippen molar-refractivity contribution in [1.29, 1.82) is 0 Å². The Labute approximate surface area is 358 Å². The molecule has 0 bridgehead atoms. The largest absolute Gasteiger partial charge is 0.490 e. The molecule has 0 aliphatic rings. The van der Waals surface area contributed by atoms with E-state index >= 15 is 0 Å². The second kappa shape index (κ2) is 45.7. The molecular weight excluding hydrogens is 697 g/mol. The van der Waals surface area contributed by atoms with Crippen molar-refractivity contribution in [1.82, 2.24) is 0 Å². The molecule has 1 aromatic rings. The van der Waals surface area contributed by atoms with Crippen LogP contribution in [0.3, 0.4) is 0 Å². The van der Waals surface area contributed by atoms with Gasteiger partial charge in [-0.1, -0.05) is 277 Å². The minimum atomic E-state index is 0.743. The highest BCUT2D eigenvalue weighted by molar-refractivity contribution is 5.51. The van der Waals surface area contributed by atoms with Gasteiger partial charge in [0.25, 0.3) is 0 Å². The minimum Gasteiger partial charge on any atom is -0.490 e. The van der Waals surface area contributed by atoms with E-state index in [0.29, 0.717) is 0 Å². The fraction of sp³-hybridized carbons (Fsp3) is 0.889. The van der Waals surface area contributed by atoms with Gasteiger partial charge in [-0.05, 0) is 31.4 Å². The maximum atomic E-state index is 6.47. The lowest BCUT2D eigenvalue weighted by molar-refractivity contribution is 0.234. The predicted octanol–water partition coefficient (Wildman–Crippen LogP) is 19.3. The van der Waals surface area contributed by atoms with E-state index in [1.807, 2.05) is 0 Å². The van der Waals surface area contributed by atoms with Crippen LogP contribution in [0.2, 0.25) is 0 Å². The molecule has 0 aliphatic carbocycles. The molecule has 0 fully saturated rings. The van der Waals surface area contributed by atoms with Gasteiger partial charge in [-0.3, -0.25) is 0 Å². The Bertz CT molecular complexity index is 847. The van der Waals surface area contributed by atoms with Gasteiger partial charge in [0.1, 0.15) is 0 Å². The first-order valence-electron chi connectivity index (χ1n) is 26.3. The van der Waals surface area contributed by atoms with Gasteiger partial charge < -0.3 is 14.2 Å². The molecule has 1 rings (SSSR count). The maximum Gasteiger partial charge on any atom is 0.203 e. The Morgan fingerprint density at radius 3 is 0.667 bits per heavy atom. The van der Waals surface area contributed by atoms with Crippen LogP contribution in [-0.4, -0.2) is 19.8 Å². The summed E-state index contributed by atoms with van der Waals surface area (Å²) in [7, 11) is 0. The Balaban J connectivity index is 2.32. The number of hydrogen-bond donors (Lipinski definition) is 0. The van der Waals surface area contributed by atoms with E-state index in [2.05, 4.69) is 39.0 Å². The lowest BCUT2D eigenvalue weighted by Crippen LogP contribution is -2.06. The van der Waals surface area contributed by atoms with Crippen LogP contribution in [0.4, 0.5) is 0 Å². The number of para-hydroxylation sites is 1. The van der Waals surface area contributed by atoms with Gasteiger partial charge in [-0.25, -0.2) is 0 Å². The van der Waals surface area contributed by atoms with Crippen LogP contribution in [0.1, 0.15) is 290 Å². The van der Waals surface area contributed by atoms with Crippen LogP contribution in [0.15, 0.2) is 18.2 Å². The zero-order valence-corrected chi connectivity index (χ0v) is 39.3. The number of benzene rings is 1. The fourth-order valence-electron chi connectivity index (χ4n) is 8.29. The minimum absolute atomic E-state index is 0.743. The van der Waals surface area contributed by atoms with E-state index in [1.165, 1.54) is 250 Å². The first kappa shape index (κ1) is 53.6. The van der Waals surface area contributed by atoms with Crippen LogP contribution < -0.4 is 14.2 Å². The zero-order chi connectivity index (χ0) is 40.8. The lowest BCUT2D eigenvalue weighted by atomic mass is 10.0. The van der Waals surface area contributed by atoms with Gasteiger partial charge in [0, 0.05) is 0 Å². The molecule has 336 valence electrons. The molecule has 0 spiro atoms. The molecule has 0 aromatic heterocycles. The molecule has 0 atom stereocenters. The average molecular weight is 799 g/mol. The fourth-order valence-corrected chi connectivity index (χ4v) is 8.29. The van der Waals surface area contributed by atoms with E-state index in [4.69, 9.17) is 14.2 Å². The standard InChI is InChI=1S/C54H102O3/c1-4-7-10-13-16-19-22-25-28-31-34-37-40-43-49-55-52-47-46-48-53(56-50-44-41-38-35-32-29-26-23-20-17-14-11-8-5-2)54(52)57-51-45-42-39-36-33-30-27-24-21-18-15-12-9-6-3/h46-48H,4-45,49-51H2,1-3H3. The van der Waals surface area contributed by atoms with E-state index in [0.717, 1.165) is 56.3 Å². The van der Waals surface area contributed by atoms with Crippen molar-refractivity contribution < 1.29 is 14.2 Å². The van der Waals surface area contributed by atoms with Crippen LogP contribution >= 0.6 is 0 Å². The van der Waals surface area contributed by atoms with Crippen molar-refractivity contribution in [2.75, 3.05) is 19.8 Å². The summed E-state index contributed by atoms with van der Waals surface area (Å²) in [5.74, 6) is 2.57. The van der Waals surface area contributed by atoms with Crippen molar-refractivity contribution in [3.8, 4) is 17.2 Å². The molecule has 0 unspecified atom stereocenters. The second-order valence-corrected chi connectivity index (χ2v) is 17.9. The molecule has 0 heterocycles. The molecule has 0 saturated heterocycles. The molecule has 0 saturated carbocycles. The zero-order valence-electron chi connectivity index (χ0n) is 39.3. The van der Waals surface area contributed by atoms with Crippen molar-refractivity contribution in [2.24, 2.45) is 0 Å². The summed E-state index contributed by atoms with van der Waals surface area (Å²) in [6, 6.07) is 6.26. The third-order valence-electron chi connectivity index (χ3n) is 12.2. The highest BCUT2D eigenvalue weighted by Gasteiger charge is 2.13. The smallest absolute Gasteiger partial charge is 0.203 e. The molecule has 57 heavy (non-hydrogen) atoms. The van der Waals surface area contributed by atoms with Crippen molar-refractivity contribution in [2.45, 2.75) is 290 Å². The van der Waals surface area contributed by atoms with Gasteiger partial charge >= 0.3 is 0 Å². The predicted molar refractivity (Wildman–Crippen MR) is 254 cm³/mol. The van der Waals surface area contributed by atoms with Gasteiger partial charge in [0.15, 0.2) is 11.5 Å². The molecular formula is C54H102O3. The molecule has 0 amide bonds. The lowest BCUT2D eigenvalue weighted by Gasteiger charge is -2.17.